The summed E-state index contributed by atoms with van der Waals surface area (Å²) in [7, 11) is 4.18. The van der Waals surface area contributed by atoms with Gasteiger partial charge < -0.3 is 16.0 Å². The minimum absolute atomic E-state index is 0.169. The highest BCUT2D eigenvalue weighted by Gasteiger charge is 2.19. The Balaban J connectivity index is 2.35. The van der Waals surface area contributed by atoms with Crippen molar-refractivity contribution < 1.29 is 0 Å². The maximum absolute atomic E-state index is 5.97. The summed E-state index contributed by atoms with van der Waals surface area (Å²) in [4.78, 5) is 6.69. The molecule has 0 amide bonds. The highest BCUT2D eigenvalue weighted by Crippen LogP contribution is 2.18. The molecule has 0 aromatic heterocycles. The summed E-state index contributed by atoms with van der Waals surface area (Å²) in [6.07, 6.45) is 6.47. The van der Waals surface area contributed by atoms with Crippen LogP contribution in [-0.4, -0.2) is 44.1 Å². The minimum atomic E-state index is 0.169. The molecule has 1 rings (SSSR count). The summed E-state index contributed by atoms with van der Waals surface area (Å²) in [5.74, 6) is 0.619. The number of nitrogens with one attached hydrogen (secondary N) is 1. The lowest BCUT2D eigenvalue weighted by atomic mass is 9.93. The van der Waals surface area contributed by atoms with E-state index >= 15 is 0 Å². The average Bonchev–Trinajstić information content (AvgIpc) is 2.26. The van der Waals surface area contributed by atoms with E-state index in [1.54, 1.807) is 0 Å². The third-order valence-electron chi connectivity index (χ3n) is 3.38. The van der Waals surface area contributed by atoms with Crippen molar-refractivity contribution in [1.82, 2.24) is 10.2 Å². The first-order valence-corrected chi connectivity index (χ1v) is 7.10. The van der Waals surface area contributed by atoms with Gasteiger partial charge in [-0.25, -0.2) is 0 Å². The molecule has 1 aliphatic carbocycles. The van der Waals surface area contributed by atoms with Gasteiger partial charge in [0.2, 0.25) is 0 Å². The van der Waals surface area contributed by atoms with Crippen molar-refractivity contribution in [1.29, 1.82) is 0 Å². The lowest BCUT2D eigenvalue weighted by Gasteiger charge is -2.27. The van der Waals surface area contributed by atoms with Crippen LogP contribution in [0.2, 0.25) is 0 Å². The molecule has 0 aromatic carbocycles. The molecule has 4 nitrogen and oxygen atoms in total. The van der Waals surface area contributed by atoms with Gasteiger partial charge in [-0.1, -0.05) is 33.1 Å². The first kappa shape index (κ1) is 15.3. The monoisotopic (exact) mass is 254 g/mol. The molecule has 0 radical (unpaired) electrons. The summed E-state index contributed by atoms with van der Waals surface area (Å²) in [5, 5.41) is 3.36. The summed E-state index contributed by atoms with van der Waals surface area (Å²) < 4.78 is 0. The Morgan fingerprint density at radius 3 is 2.44 bits per heavy atom. The van der Waals surface area contributed by atoms with Crippen molar-refractivity contribution >= 4 is 5.96 Å². The van der Waals surface area contributed by atoms with Gasteiger partial charge in [0.05, 0.1) is 0 Å². The van der Waals surface area contributed by atoms with Gasteiger partial charge >= 0.3 is 0 Å². The van der Waals surface area contributed by atoms with E-state index in [4.69, 9.17) is 5.73 Å². The number of rotatable bonds is 5. The summed E-state index contributed by atoms with van der Waals surface area (Å²) in [5.41, 5.74) is 6.14. The van der Waals surface area contributed by atoms with E-state index in [0.717, 1.165) is 13.1 Å². The van der Waals surface area contributed by atoms with Crippen LogP contribution < -0.4 is 11.1 Å². The molecule has 0 bridgehead atoms. The molecular weight excluding hydrogens is 224 g/mol. The highest BCUT2D eigenvalue weighted by atomic mass is 15.1. The zero-order valence-electron chi connectivity index (χ0n) is 12.5. The van der Waals surface area contributed by atoms with Crippen LogP contribution in [0.5, 0.6) is 0 Å². The zero-order valence-corrected chi connectivity index (χ0v) is 12.5. The molecule has 0 aromatic rings. The predicted molar refractivity (Wildman–Crippen MR) is 78.8 cm³/mol. The van der Waals surface area contributed by atoms with Crippen LogP contribution in [0.25, 0.3) is 0 Å². The van der Waals surface area contributed by atoms with E-state index in [1.807, 2.05) is 0 Å². The molecule has 4 heteroatoms. The second-order valence-corrected chi connectivity index (χ2v) is 6.58. The number of nitrogens with zero attached hydrogens (tertiary/aromatic N) is 2. The van der Waals surface area contributed by atoms with Gasteiger partial charge in [-0.3, -0.25) is 4.99 Å². The van der Waals surface area contributed by atoms with Gasteiger partial charge in [0, 0.05) is 19.1 Å². The van der Waals surface area contributed by atoms with Gasteiger partial charge in [-0.2, -0.15) is 0 Å². The van der Waals surface area contributed by atoms with Crippen molar-refractivity contribution in [2.24, 2.45) is 16.1 Å². The largest absolute Gasteiger partial charge is 0.370 e. The van der Waals surface area contributed by atoms with Crippen LogP contribution in [-0.2, 0) is 0 Å². The Kier molecular flexibility index (Phi) is 5.93. The van der Waals surface area contributed by atoms with E-state index in [1.165, 1.54) is 32.1 Å². The topological polar surface area (TPSA) is 53.6 Å². The lowest BCUT2D eigenvalue weighted by Crippen LogP contribution is -2.42. The second kappa shape index (κ2) is 6.98. The number of hydrogen-bond donors (Lipinski definition) is 2. The van der Waals surface area contributed by atoms with Crippen LogP contribution >= 0.6 is 0 Å². The van der Waals surface area contributed by atoms with E-state index in [-0.39, 0.29) is 5.41 Å². The zero-order chi connectivity index (χ0) is 13.6. The van der Waals surface area contributed by atoms with Gasteiger partial charge in [-0.05, 0) is 32.4 Å². The molecule has 1 saturated carbocycles. The summed E-state index contributed by atoms with van der Waals surface area (Å²) in [6, 6.07) is 0.541. The first-order valence-electron chi connectivity index (χ1n) is 7.10. The van der Waals surface area contributed by atoms with Gasteiger partial charge in [0.25, 0.3) is 0 Å². The fourth-order valence-electron chi connectivity index (χ4n) is 2.71. The van der Waals surface area contributed by atoms with E-state index in [2.05, 4.69) is 43.2 Å². The molecule has 18 heavy (non-hydrogen) atoms. The molecule has 3 N–H and O–H groups in total. The summed E-state index contributed by atoms with van der Waals surface area (Å²) >= 11 is 0. The minimum Gasteiger partial charge on any atom is -0.370 e. The van der Waals surface area contributed by atoms with Crippen molar-refractivity contribution in [3.63, 3.8) is 0 Å². The molecule has 1 fully saturated rings. The number of guanidine groups is 1. The maximum Gasteiger partial charge on any atom is 0.188 e. The smallest absolute Gasteiger partial charge is 0.188 e. The van der Waals surface area contributed by atoms with Crippen molar-refractivity contribution in [2.75, 3.05) is 27.2 Å². The molecule has 106 valence electrons. The Morgan fingerprint density at radius 1 is 1.28 bits per heavy atom. The highest BCUT2D eigenvalue weighted by molar-refractivity contribution is 5.78. The van der Waals surface area contributed by atoms with E-state index in [9.17, 15) is 0 Å². The van der Waals surface area contributed by atoms with Crippen molar-refractivity contribution in [2.45, 2.75) is 52.0 Å². The molecular formula is C14H30N4. The van der Waals surface area contributed by atoms with E-state index in [0.29, 0.717) is 12.0 Å². The quantitative estimate of drug-likeness (QED) is 0.581. The Bertz CT molecular complexity index is 265. The van der Waals surface area contributed by atoms with Crippen LogP contribution in [0.3, 0.4) is 0 Å². The SMILES string of the molecule is CN(C)CC(C)(C)CN=C(N)NC1CCCCC1. The Hall–Kier alpha value is -0.770. The normalized spacial score (nSPS) is 19.3. The first-order chi connectivity index (χ1) is 8.39. The standard InChI is InChI=1S/C14H30N4/c1-14(2,11-18(3)4)10-16-13(15)17-12-8-6-5-7-9-12/h12H,5-11H2,1-4H3,(H3,15,16,17). The van der Waals surface area contributed by atoms with Crippen LogP contribution in [0.15, 0.2) is 4.99 Å². The maximum atomic E-state index is 5.97. The lowest BCUT2D eigenvalue weighted by molar-refractivity contribution is 0.248. The number of hydrogen-bond acceptors (Lipinski definition) is 2. The van der Waals surface area contributed by atoms with Gasteiger partial charge in [0.1, 0.15) is 0 Å². The molecule has 0 saturated heterocycles. The molecule has 1 aliphatic rings. The van der Waals surface area contributed by atoms with E-state index < -0.39 is 0 Å². The molecule has 0 atom stereocenters. The molecule has 0 heterocycles. The van der Waals surface area contributed by atoms with Gasteiger partial charge in [-0.15, -0.1) is 0 Å². The molecule has 0 spiro atoms. The Morgan fingerprint density at radius 2 is 1.89 bits per heavy atom. The number of aliphatic imine (C=N–C) groups is 1. The molecule has 0 aliphatic heterocycles. The van der Waals surface area contributed by atoms with Gasteiger partial charge in [0.15, 0.2) is 5.96 Å². The van der Waals surface area contributed by atoms with Crippen LogP contribution in [0.1, 0.15) is 46.0 Å². The van der Waals surface area contributed by atoms with Crippen molar-refractivity contribution in [3.05, 3.63) is 0 Å². The van der Waals surface area contributed by atoms with Crippen LogP contribution in [0.4, 0.5) is 0 Å². The fraction of sp³-hybridized carbons (Fsp3) is 0.929. The fourth-order valence-corrected chi connectivity index (χ4v) is 2.71. The summed E-state index contributed by atoms with van der Waals surface area (Å²) in [6.45, 7) is 6.25. The number of nitrogens with two attached hydrogens (primary N) is 1. The Labute approximate surface area is 112 Å². The average molecular weight is 254 g/mol. The van der Waals surface area contributed by atoms with Crippen LogP contribution in [0, 0.1) is 5.41 Å². The van der Waals surface area contributed by atoms with Crippen molar-refractivity contribution in [3.8, 4) is 0 Å². The predicted octanol–water partition coefficient (Wildman–Crippen LogP) is 1.81. The molecule has 0 unspecified atom stereocenters. The second-order valence-electron chi connectivity index (χ2n) is 6.58. The third kappa shape index (κ3) is 6.24. The third-order valence-corrected chi connectivity index (χ3v) is 3.38.